The number of carboxylic acid groups (broad SMARTS) is 1. The van der Waals surface area contributed by atoms with E-state index in [1.54, 1.807) is 37.3 Å². The monoisotopic (exact) mass is 621 g/mol. The number of aromatic nitrogens is 1. The summed E-state index contributed by atoms with van der Waals surface area (Å²) in [6.45, 7) is 0.491. The van der Waals surface area contributed by atoms with E-state index in [9.17, 15) is 31.5 Å². The molecular weight excluding hydrogens is 593 g/mol. The Hall–Kier alpha value is -4.62. The molecule has 1 unspecified atom stereocenters. The normalized spacial score (nSPS) is 19.4. The fourth-order valence-corrected chi connectivity index (χ4v) is 5.29. The number of benzene rings is 2. The van der Waals surface area contributed by atoms with Gasteiger partial charge in [-0.15, -0.1) is 13.2 Å². The van der Waals surface area contributed by atoms with Gasteiger partial charge in [0.15, 0.2) is 0 Å². The summed E-state index contributed by atoms with van der Waals surface area (Å²) in [6, 6.07) is 12.9. The molecule has 1 aromatic heterocycles. The van der Waals surface area contributed by atoms with Crippen LogP contribution in [-0.4, -0.2) is 65.6 Å². The van der Waals surface area contributed by atoms with E-state index in [0.717, 1.165) is 12.1 Å². The molecule has 2 aliphatic rings. The van der Waals surface area contributed by atoms with E-state index in [-0.39, 0.29) is 30.8 Å². The molecule has 3 heterocycles. The van der Waals surface area contributed by atoms with Crippen molar-refractivity contribution in [2.45, 2.75) is 50.7 Å². The van der Waals surface area contributed by atoms with Gasteiger partial charge in [-0.3, -0.25) is 9.69 Å². The smallest absolute Gasteiger partial charge is 0.496 e. The Morgan fingerprint density at radius 3 is 2.52 bits per heavy atom. The molecule has 5 rings (SSSR count). The number of aryl methyl sites for hydroxylation is 1. The minimum absolute atomic E-state index is 0.104. The third-order valence-electron chi connectivity index (χ3n) is 7.44. The Balaban J connectivity index is 1.49. The van der Waals surface area contributed by atoms with Crippen LogP contribution in [0.1, 0.15) is 36.3 Å². The minimum atomic E-state index is -4.90. The van der Waals surface area contributed by atoms with Crippen molar-refractivity contribution < 1.29 is 50.9 Å². The van der Waals surface area contributed by atoms with Gasteiger partial charge < -0.3 is 24.2 Å². The Morgan fingerprint density at radius 2 is 1.86 bits per heavy atom. The van der Waals surface area contributed by atoms with Crippen molar-refractivity contribution in [3.8, 4) is 22.6 Å². The third-order valence-corrected chi connectivity index (χ3v) is 7.44. The SMILES string of the molecule is COc1ccc(CCC(=O)O)cc1-c1ccc(N2CC(F)(F)C2)nc1CN1C(=O)O[C@H](c2cccc(OC(F)(F)F)c2)C1C. The van der Waals surface area contributed by atoms with E-state index in [1.165, 1.54) is 29.0 Å². The number of cyclic esters (lactones) is 1. The Bertz CT molecular complexity index is 1560. The molecule has 2 saturated heterocycles. The van der Waals surface area contributed by atoms with Crippen LogP contribution < -0.4 is 14.4 Å². The lowest BCUT2D eigenvalue weighted by molar-refractivity contribution is -0.274. The molecule has 14 heteroatoms. The molecular formula is C30H28F5N3O6. The Kier molecular flexibility index (Phi) is 8.28. The number of methoxy groups -OCH3 is 1. The molecule has 2 aromatic carbocycles. The van der Waals surface area contributed by atoms with Crippen LogP contribution in [0.5, 0.6) is 11.5 Å². The molecule has 234 valence electrons. The number of aliphatic carboxylic acids is 1. The lowest BCUT2D eigenvalue weighted by Gasteiger charge is -2.39. The van der Waals surface area contributed by atoms with Crippen LogP contribution in [0.2, 0.25) is 0 Å². The van der Waals surface area contributed by atoms with Crippen LogP contribution in [0, 0.1) is 0 Å². The molecule has 0 spiro atoms. The van der Waals surface area contributed by atoms with Crippen molar-refractivity contribution in [3.63, 3.8) is 0 Å². The predicted molar refractivity (Wildman–Crippen MR) is 147 cm³/mol. The van der Waals surface area contributed by atoms with E-state index < -0.39 is 55.3 Å². The average Bonchev–Trinajstić information content (AvgIpc) is 3.22. The maximum atomic E-state index is 13.7. The zero-order valence-electron chi connectivity index (χ0n) is 23.6. The summed E-state index contributed by atoms with van der Waals surface area (Å²) in [7, 11) is 1.46. The highest BCUT2D eigenvalue weighted by molar-refractivity contribution is 5.76. The first-order valence-corrected chi connectivity index (χ1v) is 13.6. The summed E-state index contributed by atoms with van der Waals surface area (Å²) in [4.78, 5) is 31.7. The van der Waals surface area contributed by atoms with Gasteiger partial charge in [0.1, 0.15) is 23.4 Å². The number of anilines is 1. The van der Waals surface area contributed by atoms with Crippen molar-refractivity contribution >= 4 is 17.9 Å². The number of pyridine rings is 1. The summed E-state index contributed by atoms with van der Waals surface area (Å²) in [5.74, 6) is -3.58. The summed E-state index contributed by atoms with van der Waals surface area (Å²) in [5, 5.41) is 9.13. The van der Waals surface area contributed by atoms with Crippen LogP contribution in [0.15, 0.2) is 54.6 Å². The van der Waals surface area contributed by atoms with E-state index in [1.807, 2.05) is 0 Å². The van der Waals surface area contributed by atoms with Gasteiger partial charge >= 0.3 is 18.4 Å². The van der Waals surface area contributed by atoms with Crippen LogP contribution >= 0.6 is 0 Å². The second-order valence-corrected chi connectivity index (χ2v) is 10.6. The second kappa shape index (κ2) is 11.8. The van der Waals surface area contributed by atoms with Crippen LogP contribution in [-0.2, 0) is 22.5 Å². The van der Waals surface area contributed by atoms with Gasteiger partial charge in [-0.1, -0.05) is 18.2 Å². The van der Waals surface area contributed by atoms with E-state index in [2.05, 4.69) is 9.72 Å². The van der Waals surface area contributed by atoms with Gasteiger partial charge in [-0.25, -0.2) is 18.6 Å². The summed E-state index contributed by atoms with van der Waals surface area (Å²) < 4.78 is 80.8. The quantitative estimate of drug-likeness (QED) is 0.267. The molecule has 2 aliphatic heterocycles. The van der Waals surface area contributed by atoms with Crippen LogP contribution in [0.25, 0.3) is 11.1 Å². The topological polar surface area (TPSA) is 101 Å². The minimum Gasteiger partial charge on any atom is -0.496 e. The number of carboxylic acids is 1. The highest BCUT2D eigenvalue weighted by Gasteiger charge is 2.45. The molecule has 2 atom stereocenters. The molecule has 0 aliphatic carbocycles. The average molecular weight is 622 g/mol. The molecule has 0 radical (unpaired) electrons. The maximum Gasteiger partial charge on any atom is 0.573 e. The number of carbonyl (C=O) groups is 2. The molecule has 44 heavy (non-hydrogen) atoms. The number of ether oxygens (including phenoxy) is 3. The number of halogens is 5. The largest absolute Gasteiger partial charge is 0.573 e. The van der Waals surface area contributed by atoms with E-state index >= 15 is 0 Å². The zero-order valence-corrected chi connectivity index (χ0v) is 23.6. The Morgan fingerprint density at radius 1 is 1.11 bits per heavy atom. The molecule has 1 N–H and O–H groups in total. The summed E-state index contributed by atoms with van der Waals surface area (Å²) in [6.07, 6.45) is -6.45. The van der Waals surface area contributed by atoms with Crippen molar-refractivity contribution in [2.24, 2.45) is 0 Å². The highest BCUT2D eigenvalue weighted by atomic mass is 19.4. The number of amides is 1. The van der Waals surface area contributed by atoms with Crippen molar-refractivity contribution in [1.82, 2.24) is 9.88 Å². The first kappa shape index (κ1) is 30.8. The lowest BCUT2D eigenvalue weighted by atomic mass is 9.97. The number of rotatable bonds is 10. The van der Waals surface area contributed by atoms with Crippen LogP contribution in [0.3, 0.4) is 0 Å². The Labute approximate surface area is 248 Å². The van der Waals surface area contributed by atoms with Gasteiger partial charge in [0.05, 0.1) is 38.5 Å². The standard InChI is InChI=1S/C30H28F5N3O6/c1-17-27(19-4-3-5-20(13-19)44-30(33,34)35)43-28(41)38(17)14-23-21(8-10-25(36-23)37-15-29(31,32)16-37)22-12-18(7-11-26(39)40)6-9-24(22)42-2/h3-6,8-10,12-13,17,27H,7,11,14-16H2,1-2H3,(H,39,40)/t17?,27-/m0/s1. The molecule has 3 aromatic rings. The number of alkyl halides is 5. The molecule has 2 fully saturated rings. The first-order chi connectivity index (χ1) is 20.7. The van der Waals surface area contributed by atoms with Gasteiger partial charge in [-0.2, -0.15) is 0 Å². The molecule has 9 nitrogen and oxygen atoms in total. The van der Waals surface area contributed by atoms with E-state index in [4.69, 9.17) is 14.6 Å². The number of hydrogen-bond donors (Lipinski definition) is 1. The van der Waals surface area contributed by atoms with Crippen molar-refractivity contribution in [1.29, 1.82) is 0 Å². The van der Waals surface area contributed by atoms with Crippen molar-refractivity contribution in [2.75, 3.05) is 25.1 Å². The molecule has 0 bridgehead atoms. The zero-order chi connectivity index (χ0) is 31.8. The maximum absolute atomic E-state index is 13.7. The number of nitrogens with zero attached hydrogens (tertiary/aromatic N) is 3. The molecule has 1 amide bonds. The van der Waals surface area contributed by atoms with Gasteiger partial charge in [0, 0.05) is 17.5 Å². The molecule has 0 saturated carbocycles. The fourth-order valence-electron chi connectivity index (χ4n) is 5.29. The van der Waals surface area contributed by atoms with Crippen LogP contribution in [0.4, 0.5) is 32.6 Å². The first-order valence-electron chi connectivity index (χ1n) is 13.6. The van der Waals surface area contributed by atoms with E-state index in [0.29, 0.717) is 28.1 Å². The number of hydrogen-bond acceptors (Lipinski definition) is 7. The third kappa shape index (κ3) is 6.79. The highest BCUT2D eigenvalue weighted by Crippen LogP contribution is 2.40. The van der Waals surface area contributed by atoms with Gasteiger partial charge in [-0.05, 0) is 60.9 Å². The summed E-state index contributed by atoms with van der Waals surface area (Å²) in [5.41, 5.74) is 2.37. The van der Waals surface area contributed by atoms with Crippen molar-refractivity contribution in [3.05, 3.63) is 71.4 Å². The van der Waals surface area contributed by atoms with Gasteiger partial charge in [0.2, 0.25) is 0 Å². The number of carbonyl (C=O) groups excluding carboxylic acids is 1. The second-order valence-electron chi connectivity index (χ2n) is 10.6. The fraction of sp³-hybridized carbons (Fsp3) is 0.367. The lowest BCUT2D eigenvalue weighted by Crippen LogP contribution is -2.56. The summed E-state index contributed by atoms with van der Waals surface area (Å²) >= 11 is 0. The predicted octanol–water partition coefficient (Wildman–Crippen LogP) is 6.21. The van der Waals surface area contributed by atoms with Gasteiger partial charge in [0.25, 0.3) is 5.92 Å².